The highest BCUT2D eigenvalue weighted by Crippen LogP contribution is 2.65. The van der Waals surface area contributed by atoms with Crippen molar-refractivity contribution in [3.63, 3.8) is 0 Å². The van der Waals surface area contributed by atoms with Crippen LogP contribution in [0.25, 0.3) is 0 Å². The van der Waals surface area contributed by atoms with E-state index < -0.39 is 64.3 Å². The largest absolute Gasteiger partial charge is 0.505 e. The highest BCUT2D eigenvalue weighted by Gasteiger charge is 2.70. The number of allylic oxidation sites excluding steroid dienone is 2. The van der Waals surface area contributed by atoms with Crippen molar-refractivity contribution in [2.24, 2.45) is 23.7 Å². The molecule has 2 heterocycles. The van der Waals surface area contributed by atoms with Gasteiger partial charge in [-0.2, -0.15) is 5.01 Å². The lowest BCUT2D eigenvalue weighted by atomic mass is 9.49. The van der Waals surface area contributed by atoms with Gasteiger partial charge in [-0.25, -0.2) is 4.39 Å². The minimum atomic E-state index is -1.74. The highest BCUT2D eigenvalue weighted by molar-refractivity contribution is 9.10. The van der Waals surface area contributed by atoms with Crippen LogP contribution in [0.15, 0.2) is 101 Å². The predicted octanol–water partition coefficient (Wildman–Crippen LogP) is 7.80. The number of benzene rings is 4. The van der Waals surface area contributed by atoms with Gasteiger partial charge in [-0.1, -0.05) is 75.0 Å². The van der Waals surface area contributed by atoms with E-state index in [0.717, 1.165) is 15.5 Å². The van der Waals surface area contributed by atoms with Gasteiger partial charge in [0.1, 0.15) is 5.75 Å². The molecule has 52 heavy (non-hydrogen) atoms. The van der Waals surface area contributed by atoms with Gasteiger partial charge in [-0.3, -0.25) is 29.5 Å². The van der Waals surface area contributed by atoms with Crippen molar-refractivity contribution in [3.8, 4) is 11.5 Å². The Balaban J connectivity index is 1.34. The Hall–Kier alpha value is -4.71. The summed E-state index contributed by atoms with van der Waals surface area (Å²) in [6, 6.07) is 22.2. The van der Waals surface area contributed by atoms with E-state index in [9.17, 15) is 19.5 Å². The number of ether oxygens (including phenoxy) is 1. The monoisotopic (exact) mass is 803 g/mol. The fraction of sp³-hybridized carbons (Fsp3) is 0.231. The van der Waals surface area contributed by atoms with Gasteiger partial charge in [0.2, 0.25) is 11.8 Å². The van der Waals surface area contributed by atoms with Crippen LogP contribution in [0.2, 0.25) is 10.0 Å². The van der Waals surface area contributed by atoms with Gasteiger partial charge < -0.3 is 9.84 Å². The number of halogens is 4. The molecule has 1 saturated carbocycles. The number of hydrazine groups is 1. The number of hydrogen-bond donors (Lipinski definition) is 2. The average Bonchev–Trinajstić information content (AvgIpc) is 3.52. The number of para-hydroxylation sites is 1. The summed E-state index contributed by atoms with van der Waals surface area (Å²) >= 11 is 16.0. The number of hydrogen-bond acceptors (Lipinski definition) is 7. The summed E-state index contributed by atoms with van der Waals surface area (Å²) in [5, 5.41) is 12.8. The molecule has 6 unspecified atom stereocenters. The first-order valence-electron chi connectivity index (χ1n) is 16.5. The van der Waals surface area contributed by atoms with Crippen LogP contribution in [-0.4, -0.2) is 40.9 Å². The van der Waals surface area contributed by atoms with E-state index in [2.05, 4.69) is 21.4 Å². The van der Waals surface area contributed by atoms with E-state index >= 15 is 9.18 Å². The summed E-state index contributed by atoms with van der Waals surface area (Å²) in [5.74, 6) is -7.74. The zero-order chi connectivity index (χ0) is 36.6. The number of nitrogens with one attached hydrogen (secondary N) is 1. The summed E-state index contributed by atoms with van der Waals surface area (Å²) in [5.41, 5.74) is 2.89. The van der Waals surface area contributed by atoms with E-state index in [4.69, 9.17) is 27.9 Å². The Kier molecular flexibility index (Phi) is 8.43. The molecule has 0 spiro atoms. The SMILES string of the molecule is COc1ccc(C23C(=O)N(Nc4ccc(Cl)cc4Cl)C(=O)C2CC2C(=CCC4C(=O)N(c5ccc(Br)cc5)C(=O)C42)C3c2cccc(F)c2O)cc1. The van der Waals surface area contributed by atoms with E-state index in [0.29, 0.717) is 27.6 Å². The molecular formula is C39H29BrCl2FN3O6. The fourth-order valence-corrected chi connectivity index (χ4v) is 9.51. The van der Waals surface area contributed by atoms with Gasteiger partial charge in [0, 0.05) is 21.0 Å². The minimum Gasteiger partial charge on any atom is -0.505 e. The number of aromatic hydroxyl groups is 1. The summed E-state index contributed by atoms with van der Waals surface area (Å²) in [6.45, 7) is 0. The van der Waals surface area contributed by atoms with Gasteiger partial charge in [0.25, 0.3) is 11.8 Å². The van der Waals surface area contributed by atoms with Crippen molar-refractivity contribution in [2.75, 3.05) is 17.4 Å². The predicted molar refractivity (Wildman–Crippen MR) is 195 cm³/mol. The number of amides is 4. The lowest BCUT2D eigenvalue weighted by molar-refractivity contribution is -0.138. The van der Waals surface area contributed by atoms with Crippen LogP contribution in [0, 0.1) is 29.5 Å². The van der Waals surface area contributed by atoms with E-state index in [1.807, 2.05) is 6.08 Å². The first-order valence-corrected chi connectivity index (χ1v) is 18.1. The van der Waals surface area contributed by atoms with Crippen LogP contribution in [-0.2, 0) is 24.6 Å². The third kappa shape index (κ3) is 5.00. The standard InChI is InChI=1S/C39H29BrCl2FN3O6/c1-52-23-12-5-19(6-13-23)39-28(36(49)46(38(39)51)44-31-16-9-21(41)17-29(31)42)18-27-24(33(39)26-3-2-4-30(43)34(26)47)14-15-25-32(27)37(50)45(35(25)48)22-10-7-20(40)8-11-22/h2-14,16-17,25,27-28,32-33,44,47H,15,18H2,1H3. The number of carbonyl (C=O) groups excluding carboxylic acids is 4. The molecule has 264 valence electrons. The number of rotatable bonds is 6. The normalized spacial score (nSPS) is 26.6. The zero-order valence-electron chi connectivity index (χ0n) is 27.4. The van der Waals surface area contributed by atoms with Crippen molar-refractivity contribution in [3.05, 3.63) is 128 Å². The molecule has 2 aliphatic carbocycles. The second-order valence-corrected chi connectivity index (χ2v) is 15.1. The van der Waals surface area contributed by atoms with Crippen LogP contribution in [0.1, 0.15) is 29.9 Å². The Morgan fingerprint density at radius 2 is 1.65 bits per heavy atom. The third-order valence-electron chi connectivity index (χ3n) is 11.0. The van der Waals surface area contributed by atoms with Crippen molar-refractivity contribution < 1.29 is 33.4 Å². The second kappa shape index (κ2) is 12.8. The molecule has 8 rings (SSSR count). The number of anilines is 2. The molecule has 6 atom stereocenters. The van der Waals surface area contributed by atoms with Crippen molar-refractivity contribution in [1.82, 2.24) is 5.01 Å². The lowest BCUT2D eigenvalue weighted by Gasteiger charge is -2.50. The molecule has 13 heteroatoms. The van der Waals surface area contributed by atoms with E-state index in [-0.39, 0.29) is 35.0 Å². The third-order valence-corrected chi connectivity index (χ3v) is 12.1. The fourth-order valence-electron chi connectivity index (χ4n) is 8.80. The molecule has 0 bridgehead atoms. The molecule has 4 aliphatic rings. The van der Waals surface area contributed by atoms with Crippen molar-refractivity contribution in [1.29, 1.82) is 0 Å². The molecule has 9 nitrogen and oxygen atoms in total. The number of imide groups is 2. The Labute approximate surface area is 316 Å². The highest BCUT2D eigenvalue weighted by atomic mass is 79.9. The van der Waals surface area contributed by atoms with E-state index in [1.54, 1.807) is 54.6 Å². The lowest BCUT2D eigenvalue weighted by Crippen LogP contribution is -2.53. The molecule has 2 N–H and O–H groups in total. The maximum absolute atomic E-state index is 15.3. The minimum absolute atomic E-state index is 0.00983. The summed E-state index contributed by atoms with van der Waals surface area (Å²) in [4.78, 5) is 59.7. The zero-order valence-corrected chi connectivity index (χ0v) is 30.5. The number of methoxy groups -OCH3 is 1. The summed E-state index contributed by atoms with van der Waals surface area (Å²) < 4.78 is 21.5. The molecular weight excluding hydrogens is 776 g/mol. The molecule has 3 fully saturated rings. The van der Waals surface area contributed by atoms with Crippen LogP contribution >= 0.6 is 39.1 Å². The second-order valence-electron chi connectivity index (χ2n) is 13.4. The Bertz CT molecular complexity index is 2220. The molecule has 2 aliphatic heterocycles. The summed E-state index contributed by atoms with van der Waals surface area (Å²) in [7, 11) is 1.50. The molecule has 4 amide bonds. The van der Waals surface area contributed by atoms with E-state index in [1.165, 1.54) is 36.3 Å². The quantitative estimate of drug-likeness (QED) is 0.151. The van der Waals surface area contributed by atoms with Gasteiger partial charge in [-0.15, -0.1) is 0 Å². The van der Waals surface area contributed by atoms with Gasteiger partial charge in [-0.05, 0) is 85.0 Å². The number of fused-ring (bicyclic) bond motifs is 4. The van der Waals surface area contributed by atoms with Gasteiger partial charge in [0.15, 0.2) is 11.6 Å². The topological polar surface area (TPSA) is 116 Å². The Morgan fingerprint density at radius 3 is 2.35 bits per heavy atom. The number of phenols is 1. The van der Waals surface area contributed by atoms with Crippen LogP contribution in [0.4, 0.5) is 15.8 Å². The Morgan fingerprint density at radius 1 is 0.923 bits per heavy atom. The number of nitrogens with zero attached hydrogens (tertiary/aromatic N) is 2. The average molecular weight is 805 g/mol. The van der Waals surface area contributed by atoms with Crippen LogP contribution in [0.5, 0.6) is 11.5 Å². The van der Waals surface area contributed by atoms with Gasteiger partial charge in [0.05, 0.1) is 46.7 Å². The molecule has 4 aromatic rings. The van der Waals surface area contributed by atoms with Crippen LogP contribution < -0.4 is 15.1 Å². The maximum atomic E-state index is 15.3. The summed E-state index contributed by atoms with van der Waals surface area (Å²) in [6.07, 6.45) is 2.01. The van der Waals surface area contributed by atoms with Crippen LogP contribution in [0.3, 0.4) is 0 Å². The molecule has 0 radical (unpaired) electrons. The smallest absolute Gasteiger partial charge is 0.260 e. The maximum Gasteiger partial charge on any atom is 0.260 e. The molecule has 4 aromatic carbocycles. The van der Waals surface area contributed by atoms with Crippen molar-refractivity contribution >= 4 is 74.1 Å². The van der Waals surface area contributed by atoms with Gasteiger partial charge >= 0.3 is 0 Å². The first-order chi connectivity index (χ1) is 25.0. The molecule has 2 saturated heterocycles. The molecule has 0 aromatic heterocycles. The van der Waals surface area contributed by atoms with Crippen molar-refractivity contribution in [2.45, 2.75) is 24.2 Å². The number of carbonyl (C=O) groups is 4. The number of phenolic OH excluding ortho intramolecular Hbond substituents is 1. The first kappa shape index (κ1) is 34.4.